The molecule has 0 spiro atoms. The van der Waals surface area contributed by atoms with E-state index in [9.17, 15) is 13.2 Å². The van der Waals surface area contributed by atoms with E-state index in [0.717, 1.165) is 0 Å². The summed E-state index contributed by atoms with van der Waals surface area (Å²) in [7, 11) is -3.79. The maximum atomic E-state index is 13.1. The lowest BCUT2D eigenvalue weighted by Gasteiger charge is -2.13. The van der Waals surface area contributed by atoms with Crippen LogP contribution in [0.4, 0.5) is 0 Å². The number of carbonyl (C=O) groups excluding carboxylic acids is 1. The number of hydrogen-bond donors (Lipinski definition) is 2. The highest BCUT2D eigenvalue weighted by molar-refractivity contribution is 7.91. The number of nitrogens with two attached hydrogens (primary N) is 2. The summed E-state index contributed by atoms with van der Waals surface area (Å²) in [6.07, 6.45) is 0.0416. The van der Waals surface area contributed by atoms with Crippen LogP contribution in [0.25, 0.3) is 0 Å². The molecule has 1 atom stereocenters. The Kier molecular flexibility index (Phi) is 5.77. The maximum Gasteiger partial charge on any atom is 0.234 e. The van der Waals surface area contributed by atoms with Crippen molar-refractivity contribution >= 4 is 15.7 Å². The maximum absolute atomic E-state index is 13.1. The summed E-state index contributed by atoms with van der Waals surface area (Å²) in [6.45, 7) is 0. The zero-order valence-corrected chi connectivity index (χ0v) is 15.8. The second-order valence-electron chi connectivity index (χ2n) is 6.21. The second kappa shape index (κ2) is 8.24. The number of primary amides is 1. The summed E-state index contributed by atoms with van der Waals surface area (Å²) in [5, 5.41) is 0. The Morgan fingerprint density at radius 3 is 2.07 bits per heavy atom. The van der Waals surface area contributed by atoms with Crippen LogP contribution in [0.15, 0.2) is 88.7 Å². The predicted molar refractivity (Wildman–Crippen MR) is 106 cm³/mol. The molecule has 0 unspecified atom stereocenters. The number of sulfone groups is 1. The molecule has 0 saturated heterocycles. The fourth-order valence-corrected chi connectivity index (χ4v) is 4.21. The molecule has 0 heterocycles. The van der Waals surface area contributed by atoms with E-state index >= 15 is 0 Å². The summed E-state index contributed by atoms with van der Waals surface area (Å²) in [4.78, 5) is 11.5. The molecule has 28 heavy (non-hydrogen) atoms. The average molecular weight is 396 g/mol. The molecular formula is C21H20N2O4S. The molecule has 0 aliphatic rings. The van der Waals surface area contributed by atoms with Crippen molar-refractivity contribution in [3.05, 3.63) is 84.4 Å². The number of ether oxygens (including phenoxy) is 1. The van der Waals surface area contributed by atoms with Gasteiger partial charge in [-0.15, -0.1) is 0 Å². The van der Waals surface area contributed by atoms with E-state index in [0.29, 0.717) is 17.1 Å². The van der Waals surface area contributed by atoms with Crippen molar-refractivity contribution in [1.82, 2.24) is 0 Å². The largest absolute Gasteiger partial charge is 0.457 e. The minimum atomic E-state index is -3.79. The highest BCUT2D eigenvalue weighted by atomic mass is 32.2. The van der Waals surface area contributed by atoms with Crippen LogP contribution in [-0.2, 0) is 21.1 Å². The Labute approximate surface area is 163 Å². The molecule has 7 heteroatoms. The van der Waals surface area contributed by atoms with Crippen LogP contribution >= 0.6 is 0 Å². The molecule has 0 radical (unpaired) electrons. The van der Waals surface area contributed by atoms with Gasteiger partial charge in [0.1, 0.15) is 11.5 Å². The molecule has 4 N–H and O–H groups in total. The number of rotatable bonds is 7. The number of para-hydroxylation sites is 1. The molecule has 3 aromatic carbocycles. The number of amides is 1. The summed E-state index contributed by atoms with van der Waals surface area (Å²) >= 11 is 0. The van der Waals surface area contributed by atoms with Gasteiger partial charge in [-0.25, -0.2) is 8.42 Å². The third-order valence-electron chi connectivity index (χ3n) is 4.18. The fourth-order valence-electron chi connectivity index (χ4n) is 2.71. The molecule has 0 fully saturated rings. The minimum absolute atomic E-state index is 0.0416. The monoisotopic (exact) mass is 396 g/mol. The third-order valence-corrected chi connectivity index (χ3v) is 6.05. The van der Waals surface area contributed by atoms with Crippen LogP contribution in [0.2, 0.25) is 0 Å². The van der Waals surface area contributed by atoms with Crippen molar-refractivity contribution in [2.45, 2.75) is 22.3 Å². The minimum Gasteiger partial charge on any atom is -0.457 e. The van der Waals surface area contributed by atoms with Gasteiger partial charge in [0.05, 0.1) is 15.8 Å². The first-order valence-electron chi connectivity index (χ1n) is 8.59. The Morgan fingerprint density at radius 2 is 1.43 bits per heavy atom. The van der Waals surface area contributed by atoms with Crippen molar-refractivity contribution in [1.29, 1.82) is 0 Å². The van der Waals surface area contributed by atoms with Gasteiger partial charge in [-0.3, -0.25) is 4.79 Å². The van der Waals surface area contributed by atoms with Gasteiger partial charge in [-0.1, -0.05) is 36.4 Å². The van der Waals surface area contributed by atoms with Gasteiger partial charge in [0, 0.05) is 0 Å². The van der Waals surface area contributed by atoms with E-state index in [2.05, 4.69) is 0 Å². The Morgan fingerprint density at radius 1 is 0.857 bits per heavy atom. The van der Waals surface area contributed by atoms with Gasteiger partial charge in [-0.2, -0.15) is 0 Å². The van der Waals surface area contributed by atoms with Crippen molar-refractivity contribution in [2.24, 2.45) is 11.5 Å². The molecule has 1 amide bonds. The Hall–Kier alpha value is -3.16. The molecule has 0 aromatic heterocycles. The number of benzene rings is 3. The van der Waals surface area contributed by atoms with Gasteiger partial charge in [-0.05, 0) is 54.4 Å². The van der Waals surface area contributed by atoms with E-state index in [1.165, 1.54) is 18.2 Å². The van der Waals surface area contributed by atoms with Crippen LogP contribution in [0.3, 0.4) is 0 Å². The smallest absolute Gasteiger partial charge is 0.234 e. The Bertz CT molecular complexity index is 1070. The highest BCUT2D eigenvalue weighted by Crippen LogP contribution is 2.28. The zero-order valence-electron chi connectivity index (χ0n) is 15.0. The number of hydrogen-bond acceptors (Lipinski definition) is 5. The van der Waals surface area contributed by atoms with E-state index < -0.39 is 21.8 Å². The predicted octanol–water partition coefficient (Wildman–Crippen LogP) is 2.67. The lowest BCUT2D eigenvalue weighted by atomic mass is 10.1. The van der Waals surface area contributed by atoms with Gasteiger partial charge in [0.2, 0.25) is 15.7 Å². The van der Waals surface area contributed by atoms with Gasteiger partial charge in [0.15, 0.2) is 0 Å². The van der Waals surface area contributed by atoms with E-state index in [1.807, 2.05) is 30.3 Å². The van der Waals surface area contributed by atoms with Crippen LogP contribution in [0.1, 0.15) is 5.56 Å². The topological polar surface area (TPSA) is 112 Å². The molecular weight excluding hydrogens is 376 g/mol. The lowest BCUT2D eigenvalue weighted by Crippen LogP contribution is -2.38. The van der Waals surface area contributed by atoms with E-state index in [1.54, 1.807) is 30.3 Å². The SMILES string of the molecule is NC(=O)[C@H](N)Cc1ccccc1S(=O)(=O)c1ccc(Oc2ccccc2)cc1. The van der Waals surface area contributed by atoms with Crippen molar-refractivity contribution in [3.8, 4) is 11.5 Å². The summed E-state index contributed by atoms with van der Waals surface area (Å²) in [5.41, 5.74) is 11.4. The molecule has 0 aliphatic heterocycles. The third kappa shape index (κ3) is 4.39. The summed E-state index contributed by atoms with van der Waals surface area (Å²) < 4.78 is 31.8. The molecule has 0 bridgehead atoms. The number of carbonyl (C=O) groups is 1. The van der Waals surface area contributed by atoms with Gasteiger partial charge in [0.25, 0.3) is 0 Å². The van der Waals surface area contributed by atoms with Crippen LogP contribution in [0.5, 0.6) is 11.5 Å². The van der Waals surface area contributed by atoms with E-state index in [-0.39, 0.29) is 16.2 Å². The summed E-state index contributed by atoms with van der Waals surface area (Å²) in [5.74, 6) is 0.493. The first kappa shape index (κ1) is 19.6. The van der Waals surface area contributed by atoms with Crippen molar-refractivity contribution < 1.29 is 17.9 Å². The second-order valence-corrected chi connectivity index (χ2v) is 8.13. The lowest BCUT2D eigenvalue weighted by molar-refractivity contribution is -0.119. The average Bonchev–Trinajstić information content (AvgIpc) is 2.69. The Balaban J connectivity index is 1.88. The normalized spacial score (nSPS) is 12.3. The van der Waals surface area contributed by atoms with Crippen molar-refractivity contribution in [3.63, 3.8) is 0 Å². The summed E-state index contributed by atoms with van der Waals surface area (Å²) in [6, 6.07) is 20.8. The van der Waals surface area contributed by atoms with Crippen LogP contribution in [-0.4, -0.2) is 20.4 Å². The highest BCUT2D eigenvalue weighted by Gasteiger charge is 2.23. The molecule has 0 saturated carbocycles. The molecule has 144 valence electrons. The quantitative estimate of drug-likeness (QED) is 0.637. The fraction of sp³-hybridized carbons (Fsp3) is 0.0952. The van der Waals surface area contributed by atoms with Gasteiger partial charge < -0.3 is 16.2 Å². The first-order chi connectivity index (χ1) is 13.4. The molecule has 3 rings (SSSR count). The first-order valence-corrected chi connectivity index (χ1v) is 10.1. The molecule has 0 aliphatic carbocycles. The van der Waals surface area contributed by atoms with Gasteiger partial charge >= 0.3 is 0 Å². The zero-order chi connectivity index (χ0) is 20.1. The van der Waals surface area contributed by atoms with Crippen molar-refractivity contribution in [2.75, 3.05) is 0 Å². The molecule has 3 aromatic rings. The molecule has 6 nitrogen and oxygen atoms in total. The van der Waals surface area contributed by atoms with E-state index in [4.69, 9.17) is 16.2 Å². The standard InChI is InChI=1S/C21H20N2O4S/c22-19(21(23)24)14-15-6-4-5-9-20(15)28(25,26)18-12-10-17(11-13-18)27-16-7-2-1-3-8-16/h1-13,19H,14,22H2,(H2,23,24)/t19-/m1/s1. The van der Waals surface area contributed by atoms with Crippen LogP contribution < -0.4 is 16.2 Å². The van der Waals surface area contributed by atoms with Crippen LogP contribution in [0, 0.1) is 0 Å².